The molecule has 0 bridgehead atoms. The first kappa shape index (κ1) is 15.3. The minimum absolute atomic E-state index is 0.0130. The van der Waals surface area contributed by atoms with Gasteiger partial charge in [-0.25, -0.2) is 12.8 Å². The van der Waals surface area contributed by atoms with Gasteiger partial charge >= 0.3 is 0 Å². The van der Waals surface area contributed by atoms with Crippen molar-refractivity contribution in [1.29, 1.82) is 0 Å². The van der Waals surface area contributed by atoms with Crippen molar-refractivity contribution < 1.29 is 12.8 Å². The van der Waals surface area contributed by atoms with Crippen molar-refractivity contribution in [2.45, 2.75) is 10.6 Å². The third kappa shape index (κ3) is 3.31. The van der Waals surface area contributed by atoms with Crippen molar-refractivity contribution in [3.63, 3.8) is 0 Å². The van der Waals surface area contributed by atoms with Gasteiger partial charge in [-0.15, -0.1) is 0 Å². The SMILES string of the molecule is Nc1ccc(S(=O)(=O)Cc2ccc(Br)cc2F)cc1Cl. The minimum Gasteiger partial charge on any atom is -0.398 e. The first-order valence-corrected chi connectivity index (χ1v) is 8.33. The molecule has 7 heteroatoms. The Morgan fingerprint density at radius 3 is 2.50 bits per heavy atom. The van der Waals surface area contributed by atoms with Crippen molar-refractivity contribution in [2.75, 3.05) is 5.73 Å². The maximum absolute atomic E-state index is 13.7. The van der Waals surface area contributed by atoms with Gasteiger partial charge in [0.25, 0.3) is 0 Å². The van der Waals surface area contributed by atoms with Gasteiger partial charge in [-0.1, -0.05) is 33.6 Å². The van der Waals surface area contributed by atoms with Crippen molar-refractivity contribution in [3.05, 3.63) is 57.3 Å². The average Bonchev–Trinajstić information content (AvgIpc) is 2.36. The molecule has 0 radical (unpaired) electrons. The number of hydrogen-bond acceptors (Lipinski definition) is 3. The van der Waals surface area contributed by atoms with Crippen LogP contribution >= 0.6 is 27.5 Å². The number of sulfone groups is 1. The Kier molecular flexibility index (Phi) is 4.36. The van der Waals surface area contributed by atoms with Crippen LogP contribution in [0.3, 0.4) is 0 Å². The van der Waals surface area contributed by atoms with Crippen molar-refractivity contribution in [3.8, 4) is 0 Å². The zero-order chi connectivity index (χ0) is 14.9. The molecule has 106 valence electrons. The van der Waals surface area contributed by atoms with Crippen LogP contribution in [0.1, 0.15) is 5.56 Å². The predicted molar refractivity (Wildman–Crippen MR) is 80.9 cm³/mol. The summed E-state index contributed by atoms with van der Waals surface area (Å²) in [6.45, 7) is 0. The minimum atomic E-state index is -3.68. The van der Waals surface area contributed by atoms with Gasteiger partial charge in [0.1, 0.15) is 5.82 Å². The van der Waals surface area contributed by atoms with E-state index in [-0.39, 0.29) is 15.5 Å². The fourth-order valence-electron chi connectivity index (χ4n) is 1.63. The fraction of sp³-hybridized carbons (Fsp3) is 0.0769. The molecule has 0 saturated carbocycles. The first-order valence-electron chi connectivity index (χ1n) is 5.51. The molecule has 0 unspecified atom stereocenters. The average molecular weight is 379 g/mol. The second-order valence-corrected chi connectivity index (χ2v) is 7.49. The lowest BCUT2D eigenvalue weighted by molar-refractivity contribution is 0.587. The lowest BCUT2D eigenvalue weighted by atomic mass is 10.2. The smallest absolute Gasteiger partial charge is 0.182 e. The molecule has 0 aliphatic heterocycles. The zero-order valence-corrected chi connectivity index (χ0v) is 13.3. The Morgan fingerprint density at radius 1 is 1.20 bits per heavy atom. The highest BCUT2D eigenvalue weighted by Gasteiger charge is 2.18. The van der Waals surface area contributed by atoms with Crippen molar-refractivity contribution in [2.24, 2.45) is 0 Å². The maximum atomic E-state index is 13.7. The maximum Gasteiger partial charge on any atom is 0.182 e. The van der Waals surface area contributed by atoms with Crippen LogP contribution in [0, 0.1) is 5.82 Å². The molecule has 0 aromatic heterocycles. The molecule has 20 heavy (non-hydrogen) atoms. The van der Waals surface area contributed by atoms with Crippen LogP contribution in [-0.4, -0.2) is 8.42 Å². The van der Waals surface area contributed by atoms with E-state index < -0.39 is 21.4 Å². The van der Waals surface area contributed by atoms with E-state index in [2.05, 4.69) is 15.9 Å². The van der Waals surface area contributed by atoms with E-state index in [1.807, 2.05) is 0 Å². The third-order valence-electron chi connectivity index (χ3n) is 2.69. The molecule has 0 aliphatic carbocycles. The molecule has 2 rings (SSSR count). The summed E-state index contributed by atoms with van der Waals surface area (Å²) >= 11 is 8.92. The number of anilines is 1. The third-order valence-corrected chi connectivity index (χ3v) is 5.18. The normalized spacial score (nSPS) is 11.6. The lowest BCUT2D eigenvalue weighted by Gasteiger charge is -2.07. The standard InChI is InChI=1S/C13H10BrClFNO2S/c14-9-2-1-8(12(16)5-9)7-20(18,19)10-3-4-13(17)11(15)6-10/h1-6H,7,17H2. The van der Waals surface area contributed by atoms with E-state index in [0.29, 0.717) is 10.2 Å². The summed E-state index contributed by atoms with van der Waals surface area (Å²) in [4.78, 5) is 0.0130. The molecule has 2 aromatic carbocycles. The molecule has 2 N–H and O–H groups in total. The summed E-state index contributed by atoms with van der Waals surface area (Å²) in [7, 11) is -3.68. The van der Waals surface area contributed by atoms with Gasteiger partial charge in [-0.3, -0.25) is 0 Å². The molecule has 0 atom stereocenters. The second kappa shape index (κ2) is 5.71. The molecule has 0 amide bonds. The van der Waals surface area contributed by atoms with E-state index in [4.69, 9.17) is 17.3 Å². The summed E-state index contributed by atoms with van der Waals surface area (Å²) in [5.41, 5.74) is 5.92. The Morgan fingerprint density at radius 2 is 1.90 bits per heavy atom. The highest BCUT2D eigenvalue weighted by molar-refractivity contribution is 9.10. The van der Waals surface area contributed by atoms with Crippen molar-refractivity contribution >= 4 is 43.1 Å². The van der Waals surface area contributed by atoms with Crippen LogP contribution in [0.25, 0.3) is 0 Å². The largest absolute Gasteiger partial charge is 0.398 e. The van der Waals surface area contributed by atoms with Crippen molar-refractivity contribution in [1.82, 2.24) is 0 Å². The summed E-state index contributed by atoms with van der Waals surface area (Å²) in [5.74, 6) is -1.02. The van der Waals surface area contributed by atoms with E-state index in [1.165, 1.54) is 30.3 Å². The molecule has 0 fully saturated rings. The summed E-state index contributed by atoms with van der Waals surface area (Å²) in [5, 5.41) is 0.155. The van der Waals surface area contributed by atoms with Gasteiger partial charge < -0.3 is 5.73 Å². The van der Waals surface area contributed by atoms with Crippen LogP contribution in [-0.2, 0) is 15.6 Å². The number of nitrogens with two attached hydrogens (primary N) is 1. The zero-order valence-electron chi connectivity index (χ0n) is 10.1. The van der Waals surface area contributed by atoms with Gasteiger partial charge in [-0.05, 0) is 30.3 Å². The topological polar surface area (TPSA) is 60.2 Å². The highest BCUT2D eigenvalue weighted by Crippen LogP contribution is 2.26. The number of rotatable bonds is 3. The highest BCUT2D eigenvalue weighted by atomic mass is 79.9. The van der Waals surface area contributed by atoms with Gasteiger partial charge in [0, 0.05) is 10.0 Å². The van der Waals surface area contributed by atoms with Gasteiger partial charge in [0.2, 0.25) is 0 Å². The Labute approximate surface area is 129 Å². The van der Waals surface area contributed by atoms with Gasteiger partial charge in [-0.2, -0.15) is 0 Å². The molecule has 2 aromatic rings. The number of benzene rings is 2. The number of nitrogen functional groups attached to an aromatic ring is 1. The molecular weight excluding hydrogens is 369 g/mol. The van der Waals surface area contributed by atoms with Gasteiger partial charge in [0.15, 0.2) is 9.84 Å². The molecular formula is C13H10BrClFNO2S. The van der Waals surface area contributed by atoms with E-state index in [1.54, 1.807) is 6.07 Å². The van der Waals surface area contributed by atoms with E-state index >= 15 is 0 Å². The number of halogens is 3. The molecule has 0 aliphatic rings. The Bertz CT molecular complexity index is 765. The van der Waals surface area contributed by atoms with Crippen LogP contribution in [0.15, 0.2) is 45.8 Å². The summed E-state index contributed by atoms with van der Waals surface area (Å²) in [6, 6.07) is 8.27. The molecule has 3 nitrogen and oxygen atoms in total. The monoisotopic (exact) mass is 377 g/mol. The summed E-state index contributed by atoms with van der Waals surface area (Å²) < 4.78 is 38.7. The van der Waals surface area contributed by atoms with Crippen LogP contribution in [0.4, 0.5) is 10.1 Å². The first-order chi connectivity index (χ1) is 9.29. The van der Waals surface area contributed by atoms with E-state index in [0.717, 1.165) is 0 Å². The van der Waals surface area contributed by atoms with Crippen LogP contribution < -0.4 is 5.73 Å². The number of hydrogen-bond donors (Lipinski definition) is 1. The molecule has 0 heterocycles. The van der Waals surface area contributed by atoms with Crippen LogP contribution in [0.2, 0.25) is 5.02 Å². The van der Waals surface area contributed by atoms with Gasteiger partial charge in [0.05, 0.1) is 21.4 Å². The second-order valence-electron chi connectivity index (χ2n) is 4.18. The lowest BCUT2D eigenvalue weighted by Crippen LogP contribution is -2.07. The van der Waals surface area contributed by atoms with E-state index in [9.17, 15) is 12.8 Å². The molecule has 0 saturated heterocycles. The Balaban J connectivity index is 2.38. The Hall–Kier alpha value is -1.11. The quantitative estimate of drug-likeness (QED) is 0.827. The summed E-state index contributed by atoms with van der Waals surface area (Å²) in [6.07, 6.45) is 0. The molecule has 0 spiro atoms. The predicted octanol–water partition coefficient (Wildman–Crippen LogP) is 3.80. The fourth-order valence-corrected chi connectivity index (χ4v) is 3.59. The van der Waals surface area contributed by atoms with Crippen LogP contribution in [0.5, 0.6) is 0 Å².